The zero-order valence-electron chi connectivity index (χ0n) is 20.7. The van der Waals surface area contributed by atoms with E-state index in [4.69, 9.17) is 4.74 Å². The summed E-state index contributed by atoms with van der Waals surface area (Å²) >= 11 is 4.22. The number of ether oxygens (including phenoxy) is 1. The smallest absolute Gasteiger partial charge is 0.408 e. The first-order valence-electron chi connectivity index (χ1n) is 11.2. The highest BCUT2D eigenvalue weighted by Gasteiger charge is 2.36. The minimum atomic E-state index is -1.12. The van der Waals surface area contributed by atoms with Gasteiger partial charge < -0.3 is 20.3 Å². The molecule has 0 aromatic heterocycles. The average Bonchev–Trinajstić information content (AvgIpc) is 2.78. The van der Waals surface area contributed by atoms with Crippen LogP contribution in [0.4, 0.5) is 10.5 Å². The molecule has 0 radical (unpaired) electrons. The van der Waals surface area contributed by atoms with Gasteiger partial charge in [-0.15, -0.1) is 0 Å². The van der Waals surface area contributed by atoms with Crippen LogP contribution < -0.4 is 10.6 Å². The van der Waals surface area contributed by atoms with Gasteiger partial charge in [-0.25, -0.2) is 4.79 Å². The van der Waals surface area contributed by atoms with Crippen LogP contribution in [0, 0.1) is 25.2 Å². The number of aryl methyl sites for hydroxylation is 2. The number of carbonyl (C=O) groups is 3. The van der Waals surface area contributed by atoms with Crippen molar-refractivity contribution >= 4 is 36.2 Å². The summed E-state index contributed by atoms with van der Waals surface area (Å²) in [5.74, 6) is -1.16. The number of nitrogens with zero attached hydrogens (tertiary/aromatic N) is 2. The molecule has 9 heteroatoms. The number of nitrogens with one attached hydrogen (secondary N) is 2. The van der Waals surface area contributed by atoms with Crippen molar-refractivity contribution in [3.63, 3.8) is 0 Å². The van der Waals surface area contributed by atoms with Crippen LogP contribution in [0.3, 0.4) is 0 Å². The molecule has 2 aromatic carbocycles. The molecule has 0 spiro atoms. The maximum atomic E-state index is 13.6. The Morgan fingerprint density at radius 3 is 2.17 bits per heavy atom. The minimum absolute atomic E-state index is 0.0555. The number of anilines is 1. The van der Waals surface area contributed by atoms with Crippen LogP contribution in [0.2, 0.25) is 0 Å². The van der Waals surface area contributed by atoms with Gasteiger partial charge in [0, 0.05) is 11.4 Å². The van der Waals surface area contributed by atoms with Crippen LogP contribution in [-0.4, -0.2) is 46.7 Å². The topological polar surface area (TPSA) is 112 Å². The van der Waals surface area contributed by atoms with Gasteiger partial charge in [0.05, 0.1) is 6.07 Å². The van der Waals surface area contributed by atoms with E-state index in [1.807, 2.05) is 38.1 Å². The van der Waals surface area contributed by atoms with Gasteiger partial charge in [0.25, 0.3) is 5.91 Å². The summed E-state index contributed by atoms with van der Waals surface area (Å²) in [7, 11) is 0. The maximum Gasteiger partial charge on any atom is 0.408 e. The Morgan fingerprint density at radius 2 is 1.66 bits per heavy atom. The molecule has 0 saturated carbocycles. The van der Waals surface area contributed by atoms with Crippen molar-refractivity contribution in [2.45, 2.75) is 52.3 Å². The van der Waals surface area contributed by atoms with E-state index in [2.05, 4.69) is 23.3 Å². The van der Waals surface area contributed by atoms with Crippen LogP contribution in [0.1, 0.15) is 43.5 Å². The monoisotopic (exact) mass is 496 g/mol. The third-order valence-electron chi connectivity index (χ3n) is 5.10. The molecule has 2 atom stereocenters. The number of benzene rings is 2. The molecule has 0 saturated heterocycles. The zero-order valence-corrected chi connectivity index (χ0v) is 21.6. The first-order valence-corrected chi connectivity index (χ1v) is 11.8. The Morgan fingerprint density at radius 1 is 1.06 bits per heavy atom. The van der Waals surface area contributed by atoms with E-state index < -0.39 is 35.6 Å². The van der Waals surface area contributed by atoms with Gasteiger partial charge in [-0.05, 0) is 51.3 Å². The summed E-state index contributed by atoms with van der Waals surface area (Å²) in [4.78, 5) is 40.6. The van der Waals surface area contributed by atoms with E-state index in [1.165, 1.54) is 0 Å². The van der Waals surface area contributed by atoms with Crippen molar-refractivity contribution in [3.8, 4) is 6.07 Å². The van der Waals surface area contributed by atoms with Crippen molar-refractivity contribution in [1.29, 1.82) is 5.26 Å². The predicted molar refractivity (Wildman–Crippen MR) is 138 cm³/mol. The number of hydrogen-bond donors (Lipinski definition) is 3. The van der Waals surface area contributed by atoms with Gasteiger partial charge in [0.15, 0.2) is 0 Å². The fourth-order valence-electron chi connectivity index (χ4n) is 3.52. The molecule has 35 heavy (non-hydrogen) atoms. The molecule has 0 fully saturated rings. The second-order valence-corrected chi connectivity index (χ2v) is 9.44. The van der Waals surface area contributed by atoms with Crippen molar-refractivity contribution in [3.05, 3.63) is 65.2 Å². The van der Waals surface area contributed by atoms with Crippen molar-refractivity contribution in [2.75, 3.05) is 17.6 Å². The zero-order chi connectivity index (χ0) is 26.2. The SMILES string of the molecule is Cc1cccc(C)c1NC(=O)C(c1ccccc1)N(CC#N)C(=O)C(CS)NC(=O)OC(C)(C)C. The summed E-state index contributed by atoms with van der Waals surface area (Å²) in [6.45, 7) is 8.49. The number of rotatable bonds is 8. The third kappa shape index (κ3) is 7.76. The molecule has 2 aromatic rings. The summed E-state index contributed by atoms with van der Waals surface area (Å²) < 4.78 is 5.26. The minimum Gasteiger partial charge on any atom is -0.444 e. The summed E-state index contributed by atoms with van der Waals surface area (Å²) in [6.07, 6.45) is -0.793. The van der Waals surface area contributed by atoms with Gasteiger partial charge in [-0.3, -0.25) is 9.59 Å². The highest BCUT2D eigenvalue weighted by atomic mass is 32.1. The number of alkyl carbamates (subject to hydrolysis) is 1. The quantitative estimate of drug-likeness (QED) is 0.375. The standard InChI is InChI=1S/C26H32N4O4S/c1-17-10-9-11-18(2)21(17)29-23(31)22(19-12-7-6-8-13-19)30(15-14-27)24(32)20(16-35)28-25(33)34-26(3,4)5/h6-13,20,22,35H,15-16H2,1-5H3,(H,28,33)(H,29,31). The number of hydrogen-bond acceptors (Lipinski definition) is 6. The molecule has 2 unspecified atom stereocenters. The lowest BCUT2D eigenvalue weighted by Crippen LogP contribution is -2.53. The van der Waals surface area contributed by atoms with Gasteiger partial charge >= 0.3 is 6.09 Å². The average molecular weight is 497 g/mol. The number of amides is 3. The number of thiol groups is 1. The van der Waals surface area contributed by atoms with E-state index in [0.29, 0.717) is 11.3 Å². The van der Waals surface area contributed by atoms with Gasteiger partial charge in [0.2, 0.25) is 5.91 Å². The molecule has 0 aliphatic carbocycles. The number of para-hydroxylation sites is 1. The lowest BCUT2D eigenvalue weighted by Gasteiger charge is -2.32. The lowest BCUT2D eigenvalue weighted by atomic mass is 10.0. The van der Waals surface area contributed by atoms with Gasteiger partial charge in [-0.1, -0.05) is 48.5 Å². The molecular formula is C26H32N4O4S. The third-order valence-corrected chi connectivity index (χ3v) is 5.47. The molecular weight excluding hydrogens is 464 g/mol. The van der Waals surface area contributed by atoms with Gasteiger partial charge in [0.1, 0.15) is 24.2 Å². The summed E-state index contributed by atoms with van der Waals surface area (Å²) in [5, 5.41) is 15.0. The van der Waals surface area contributed by atoms with E-state index >= 15 is 0 Å². The molecule has 0 bridgehead atoms. The maximum absolute atomic E-state index is 13.6. The van der Waals surface area contributed by atoms with Crippen molar-refractivity contribution in [2.24, 2.45) is 0 Å². The van der Waals surface area contributed by atoms with Crippen LogP contribution >= 0.6 is 12.6 Å². The fourth-order valence-corrected chi connectivity index (χ4v) is 3.77. The van der Waals surface area contributed by atoms with E-state index in [9.17, 15) is 19.6 Å². The summed E-state index contributed by atoms with van der Waals surface area (Å²) in [6, 6.07) is 14.1. The Balaban J connectivity index is 2.44. The van der Waals surface area contributed by atoms with E-state index in [-0.39, 0.29) is 12.3 Å². The van der Waals surface area contributed by atoms with E-state index in [1.54, 1.807) is 51.1 Å². The van der Waals surface area contributed by atoms with Gasteiger partial charge in [-0.2, -0.15) is 17.9 Å². The molecule has 0 aliphatic heterocycles. The molecule has 8 nitrogen and oxygen atoms in total. The van der Waals surface area contributed by atoms with Crippen LogP contribution in [0.15, 0.2) is 48.5 Å². The second kappa shape index (κ2) is 12.3. The Kier molecular flexibility index (Phi) is 9.72. The number of carbonyl (C=O) groups excluding carboxylic acids is 3. The molecule has 186 valence electrons. The Labute approximate surface area is 212 Å². The lowest BCUT2D eigenvalue weighted by molar-refractivity contribution is -0.139. The predicted octanol–water partition coefficient (Wildman–Crippen LogP) is 4.16. The van der Waals surface area contributed by atoms with Crippen LogP contribution in [0.25, 0.3) is 0 Å². The molecule has 0 aliphatic rings. The fraction of sp³-hybridized carbons (Fsp3) is 0.385. The largest absolute Gasteiger partial charge is 0.444 e. The molecule has 3 amide bonds. The number of nitriles is 1. The molecule has 2 N–H and O–H groups in total. The highest BCUT2D eigenvalue weighted by Crippen LogP contribution is 2.26. The first kappa shape index (κ1) is 27.7. The van der Waals surface area contributed by atoms with Crippen LogP contribution in [-0.2, 0) is 14.3 Å². The van der Waals surface area contributed by atoms with Crippen LogP contribution in [0.5, 0.6) is 0 Å². The highest BCUT2D eigenvalue weighted by molar-refractivity contribution is 7.80. The normalized spacial score (nSPS) is 12.6. The summed E-state index contributed by atoms with van der Waals surface area (Å²) in [5.41, 5.74) is 2.13. The van der Waals surface area contributed by atoms with Crippen molar-refractivity contribution in [1.82, 2.24) is 10.2 Å². The second-order valence-electron chi connectivity index (χ2n) is 9.07. The van der Waals surface area contributed by atoms with Crippen molar-refractivity contribution < 1.29 is 19.1 Å². The first-order chi connectivity index (χ1) is 16.5. The Hall–Kier alpha value is -3.51. The Bertz CT molecular complexity index is 1070. The molecule has 2 rings (SSSR count). The molecule has 0 heterocycles. The van der Waals surface area contributed by atoms with E-state index in [0.717, 1.165) is 16.0 Å².